The molecule has 2 aromatic carbocycles. The lowest BCUT2D eigenvalue weighted by molar-refractivity contribution is 0.282. The van der Waals surface area contributed by atoms with Gasteiger partial charge < -0.3 is 10.4 Å². The zero-order valence-electron chi connectivity index (χ0n) is 14.7. The number of para-hydroxylation sites is 1. The van der Waals surface area contributed by atoms with E-state index in [2.05, 4.69) is 41.7 Å². The van der Waals surface area contributed by atoms with E-state index in [-0.39, 0.29) is 0 Å². The minimum Gasteiger partial charge on any atom is -0.396 e. The van der Waals surface area contributed by atoms with Gasteiger partial charge in [0.05, 0.1) is 0 Å². The second-order valence-electron chi connectivity index (χ2n) is 6.49. The zero-order valence-corrected chi connectivity index (χ0v) is 14.7. The Morgan fingerprint density at radius 1 is 0.583 bits per heavy atom. The van der Waals surface area contributed by atoms with Gasteiger partial charge in [-0.3, -0.25) is 0 Å². The number of anilines is 2. The SMILES string of the molecule is OCCCCCCCCCCc1ccc(Nc2ccccc2)cc1. The molecular weight excluding hydrogens is 294 g/mol. The maximum absolute atomic E-state index is 8.73. The lowest BCUT2D eigenvalue weighted by Gasteiger charge is -2.07. The molecule has 2 N–H and O–H groups in total. The second-order valence-corrected chi connectivity index (χ2v) is 6.49. The number of aryl methyl sites for hydroxylation is 1. The molecule has 0 aliphatic heterocycles. The molecule has 0 saturated heterocycles. The van der Waals surface area contributed by atoms with Gasteiger partial charge in [0.2, 0.25) is 0 Å². The molecule has 0 radical (unpaired) electrons. The monoisotopic (exact) mass is 325 g/mol. The number of hydrogen-bond acceptors (Lipinski definition) is 2. The highest BCUT2D eigenvalue weighted by Gasteiger charge is 1.97. The van der Waals surface area contributed by atoms with Gasteiger partial charge in [-0.2, -0.15) is 0 Å². The molecule has 2 rings (SSSR count). The summed E-state index contributed by atoms with van der Waals surface area (Å²) in [4.78, 5) is 0. The van der Waals surface area contributed by atoms with Crippen molar-refractivity contribution in [2.24, 2.45) is 0 Å². The Morgan fingerprint density at radius 2 is 1.12 bits per heavy atom. The molecule has 0 saturated carbocycles. The molecule has 0 aliphatic rings. The molecule has 0 unspecified atom stereocenters. The molecule has 0 aliphatic carbocycles. The first-order valence-corrected chi connectivity index (χ1v) is 9.40. The lowest BCUT2D eigenvalue weighted by atomic mass is 10.0. The van der Waals surface area contributed by atoms with Crippen LogP contribution in [-0.4, -0.2) is 11.7 Å². The smallest absolute Gasteiger partial charge is 0.0431 e. The van der Waals surface area contributed by atoms with Crippen molar-refractivity contribution in [1.29, 1.82) is 0 Å². The maximum atomic E-state index is 8.73. The van der Waals surface area contributed by atoms with Gasteiger partial charge in [0.15, 0.2) is 0 Å². The fourth-order valence-corrected chi connectivity index (χ4v) is 2.94. The molecule has 2 nitrogen and oxygen atoms in total. The molecule has 0 bridgehead atoms. The number of aliphatic hydroxyl groups is 1. The standard InChI is InChI=1S/C22H31NO/c24-19-11-6-4-2-1-3-5-8-12-20-15-17-22(18-16-20)23-21-13-9-7-10-14-21/h7,9-10,13-18,23-24H,1-6,8,11-12,19H2. The molecule has 0 atom stereocenters. The van der Waals surface area contributed by atoms with Crippen molar-refractivity contribution < 1.29 is 5.11 Å². The lowest BCUT2D eigenvalue weighted by Crippen LogP contribution is -1.91. The van der Waals surface area contributed by atoms with E-state index in [0.29, 0.717) is 6.61 Å². The number of rotatable bonds is 12. The molecule has 2 heteroatoms. The summed E-state index contributed by atoms with van der Waals surface area (Å²) in [5, 5.41) is 12.2. The van der Waals surface area contributed by atoms with Crippen LogP contribution in [0.1, 0.15) is 56.9 Å². The number of unbranched alkanes of at least 4 members (excludes halogenated alkanes) is 7. The first-order chi connectivity index (χ1) is 11.9. The average molecular weight is 325 g/mol. The summed E-state index contributed by atoms with van der Waals surface area (Å²) in [6, 6.07) is 19.1. The first-order valence-electron chi connectivity index (χ1n) is 9.40. The van der Waals surface area contributed by atoms with Crippen LogP contribution in [0.3, 0.4) is 0 Å². The Morgan fingerprint density at radius 3 is 1.75 bits per heavy atom. The number of hydrogen-bond donors (Lipinski definition) is 2. The third kappa shape index (κ3) is 7.65. The van der Waals surface area contributed by atoms with Gasteiger partial charge >= 0.3 is 0 Å². The minimum atomic E-state index is 0.347. The van der Waals surface area contributed by atoms with Crippen molar-refractivity contribution in [3.8, 4) is 0 Å². The molecule has 0 fully saturated rings. The summed E-state index contributed by atoms with van der Waals surface area (Å²) in [6.07, 6.45) is 11.2. The molecule has 0 spiro atoms. The molecule has 2 aromatic rings. The second kappa shape index (κ2) is 11.7. The number of nitrogens with one attached hydrogen (secondary N) is 1. The van der Waals surface area contributed by atoms with Crippen LogP contribution in [0.2, 0.25) is 0 Å². The van der Waals surface area contributed by atoms with Gasteiger partial charge in [-0.05, 0) is 49.1 Å². The Labute approximate surface area is 146 Å². The summed E-state index contributed by atoms with van der Waals surface area (Å²) in [5.41, 5.74) is 3.70. The first kappa shape index (κ1) is 18.5. The number of aliphatic hydroxyl groups excluding tert-OH is 1. The molecular formula is C22H31NO. The van der Waals surface area contributed by atoms with E-state index in [1.165, 1.54) is 56.9 Å². The van der Waals surface area contributed by atoms with Gasteiger partial charge in [-0.1, -0.05) is 68.9 Å². The predicted octanol–water partition coefficient (Wildman–Crippen LogP) is 6.09. The summed E-state index contributed by atoms with van der Waals surface area (Å²) in [5.74, 6) is 0. The number of benzene rings is 2. The van der Waals surface area contributed by atoms with Crippen molar-refractivity contribution in [3.05, 3.63) is 60.2 Å². The van der Waals surface area contributed by atoms with Crippen LogP contribution in [-0.2, 0) is 6.42 Å². The van der Waals surface area contributed by atoms with Crippen LogP contribution in [0.15, 0.2) is 54.6 Å². The van der Waals surface area contributed by atoms with Crippen LogP contribution in [0, 0.1) is 0 Å². The van der Waals surface area contributed by atoms with Crippen LogP contribution < -0.4 is 5.32 Å². The predicted molar refractivity (Wildman–Crippen MR) is 104 cm³/mol. The normalized spacial score (nSPS) is 10.7. The largest absolute Gasteiger partial charge is 0.396 e. The summed E-state index contributed by atoms with van der Waals surface area (Å²) < 4.78 is 0. The maximum Gasteiger partial charge on any atom is 0.0431 e. The topological polar surface area (TPSA) is 32.3 Å². The Balaban J connectivity index is 1.57. The Hall–Kier alpha value is -1.80. The van der Waals surface area contributed by atoms with Crippen molar-refractivity contribution in [2.45, 2.75) is 57.8 Å². The fourth-order valence-electron chi connectivity index (χ4n) is 2.94. The van der Waals surface area contributed by atoms with Crippen molar-refractivity contribution >= 4 is 11.4 Å². The highest BCUT2D eigenvalue weighted by molar-refractivity contribution is 5.59. The van der Waals surface area contributed by atoms with Gasteiger partial charge in [0, 0.05) is 18.0 Å². The molecule has 130 valence electrons. The highest BCUT2D eigenvalue weighted by atomic mass is 16.2. The van der Waals surface area contributed by atoms with E-state index in [1.807, 2.05) is 18.2 Å². The summed E-state index contributed by atoms with van der Waals surface area (Å²) in [7, 11) is 0. The molecule has 0 aromatic heterocycles. The van der Waals surface area contributed by atoms with E-state index in [4.69, 9.17) is 5.11 Å². The van der Waals surface area contributed by atoms with Gasteiger partial charge in [0.25, 0.3) is 0 Å². The van der Waals surface area contributed by atoms with Crippen molar-refractivity contribution in [1.82, 2.24) is 0 Å². The summed E-state index contributed by atoms with van der Waals surface area (Å²) >= 11 is 0. The van der Waals surface area contributed by atoms with Gasteiger partial charge in [0.1, 0.15) is 0 Å². The van der Waals surface area contributed by atoms with E-state index in [0.717, 1.165) is 17.8 Å². The Kier molecular flexibility index (Phi) is 9.03. The van der Waals surface area contributed by atoms with E-state index in [1.54, 1.807) is 0 Å². The zero-order chi connectivity index (χ0) is 16.9. The van der Waals surface area contributed by atoms with Crippen molar-refractivity contribution in [2.75, 3.05) is 11.9 Å². The third-order valence-electron chi connectivity index (χ3n) is 4.39. The quantitative estimate of drug-likeness (QED) is 0.463. The van der Waals surface area contributed by atoms with E-state index < -0.39 is 0 Å². The van der Waals surface area contributed by atoms with Crippen LogP contribution >= 0.6 is 0 Å². The van der Waals surface area contributed by atoms with Gasteiger partial charge in [-0.25, -0.2) is 0 Å². The van der Waals surface area contributed by atoms with Crippen LogP contribution in [0.5, 0.6) is 0 Å². The molecule has 0 amide bonds. The van der Waals surface area contributed by atoms with Gasteiger partial charge in [-0.15, -0.1) is 0 Å². The van der Waals surface area contributed by atoms with Crippen LogP contribution in [0.25, 0.3) is 0 Å². The van der Waals surface area contributed by atoms with E-state index >= 15 is 0 Å². The Bertz CT molecular complexity index is 536. The third-order valence-corrected chi connectivity index (χ3v) is 4.39. The molecule has 24 heavy (non-hydrogen) atoms. The minimum absolute atomic E-state index is 0.347. The summed E-state index contributed by atoms with van der Waals surface area (Å²) in [6.45, 7) is 0.347. The highest BCUT2D eigenvalue weighted by Crippen LogP contribution is 2.18. The van der Waals surface area contributed by atoms with E-state index in [9.17, 15) is 0 Å². The van der Waals surface area contributed by atoms with Crippen molar-refractivity contribution in [3.63, 3.8) is 0 Å². The fraction of sp³-hybridized carbons (Fsp3) is 0.455. The van der Waals surface area contributed by atoms with Crippen LogP contribution in [0.4, 0.5) is 11.4 Å². The molecule has 0 heterocycles. The average Bonchev–Trinajstić information content (AvgIpc) is 2.62.